The van der Waals surface area contributed by atoms with Crippen molar-refractivity contribution in [3.63, 3.8) is 0 Å². The third kappa shape index (κ3) is 6.23. The Morgan fingerprint density at radius 3 is 2.33 bits per heavy atom. The number of nitrogens with zero attached hydrogens (tertiary/aromatic N) is 1. The monoisotopic (exact) mass is 442 g/mol. The molecule has 3 aromatic rings. The lowest BCUT2D eigenvalue weighted by Crippen LogP contribution is -2.30. The Labute approximate surface area is 197 Å². The van der Waals surface area contributed by atoms with Crippen molar-refractivity contribution in [1.82, 2.24) is 10.2 Å². The van der Waals surface area contributed by atoms with Crippen molar-refractivity contribution < 1.29 is 9.53 Å². The van der Waals surface area contributed by atoms with E-state index in [0.717, 1.165) is 31.8 Å². The summed E-state index contributed by atoms with van der Waals surface area (Å²) in [5.74, 6) is 0.752. The molecule has 0 aliphatic carbocycles. The number of carbonyl (C=O) groups is 1. The fourth-order valence-corrected chi connectivity index (χ4v) is 4.20. The molecule has 4 nitrogen and oxygen atoms in total. The molecule has 1 N–H and O–H groups in total. The van der Waals surface area contributed by atoms with Crippen LogP contribution in [0, 0.1) is 0 Å². The van der Waals surface area contributed by atoms with Gasteiger partial charge in [-0.2, -0.15) is 0 Å². The predicted octanol–water partition coefficient (Wildman–Crippen LogP) is 5.35. The number of ether oxygens (including phenoxy) is 1. The van der Waals surface area contributed by atoms with E-state index in [4.69, 9.17) is 4.74 Å². The zero-order valence-electron chi connectivity index (χ0n) is 19.9. The fraction of sp³-hybridized carbons (Fsp3) is 0.345. The van der Waals surface area contributed by atoms with Crippen LogP contribution < -0.4 is 10.1 Å². The number of benzene rings is 3. The quantitative estimate of drug-likeness (QED) is 0.502. The van der Waals surface area contributed by atoms with Gasteiger partial charge in [0, 0.05) is 25.2 Å². The summed E-state index contributed by atoms with van der Waals surface area (Å²) in [7, 11) is 0. The third-order valence-electron chi connectivity index (χ3n) is 6.21. The first-order chi connectivity index (χ1) is 15.9. The van der Waals surface area contributed by atoms with Crippen LogP contribution in [0.15, 0.2) is 72.8 Å². The smallest absolute Gasteiger partial charge is 0.251 e. The molecule has 0 bridgehead atoms. The number of hydrogen-bond acceptors (Lipinski definition) is 3. The van der Waals surface area contributed by atoms with E-state index in [1.54, 1.807) is 0 Å². The summed E-state index contributed by atoms with van der Waals surface area (Å²) < 4.78 is 5.77. The van der Waals surface area contributed by atoms with E-state index in [1.807, 2.05) is 24.3 Å². The van der Waals surface area contributed by atoms with Gasteiger partial charge in [-0.25, -0.2) is 0 Å². The Bertz CT molecular complexity index is 1070. The van der Waals surface area contributed by atoms with Gasteiger partial charge < -0.3 is 10.1 Å². The van der Waals surface area contributed by atoms with Gasteiger partial charge in [0.2, 0.25) is 0 Å². The zero-order chi connectivity index (χ0) is 23.3. The van der Waals surface area contributed by atoms with Gasteiger partial charge in [-0.15, -0.1) is 0 Å². The third-order valence-corrected chi connectivity index (χ3v) is 6.21. The zero-order valence-corrected chi connectivity index (χ0v) is 19.9. The average Bonchev–Trinajstić information content (AvgIpc) is 2.82. The molecule has 0 radical (unpaired) electrons. The first-order valence-corrected chi connectivity index (χ1v) is 11.8. The summed E-state index contributed by atoms with van der Waals surface area (Å²) in [5, 5.41) is 2.94. The number of carbonyl (C=O) groups excluding carboxylic acids is 1. The molecule has 0 atom stereocenters. The van der Waals surface area contributed by atoms with E-state index in [9.17, 15) is 4.79 Å². The van der Waals surface area contributed by atoms with Crippen LogP contribution in [0.2, 0.25) is 0 Å². The minimum absolute atomic E-state index is 0.0693. The van der Waals surface area contributed by atoms with Crippen molar-refractivity contribution in [1.29, 1.82) is 0 Å². The summed E-state index contributed by atoms with van der Waals surface area (Å²) in [4.78, 5) is 14.9. The summed E-state index contributed by atoms with van der Waals surface area (Å²) in [6, 6.07) is 24.8. The van der Waals surface area contributed by atoms with Gasteiger partial charge in [0.25, 0.3) is 5.91 Å². The second-order valence-electron chi connectivity index (χ2n) is 9.81. The molecule has 1 aliphatic rings. The highest BCUT2D eigenvalue weighted by Crippen LogP contribution is 2.24. The number of nitrogens with one attached hydrogen (secondary N) is 1. The van der Waals surface area contributed by atoms with Crippen LogP contribution in [0.25, 0.3) is 0 Å². The Balaban J connectivity index is 1.21. The first kappa shape index (κ1) is 23.1. The number of rotatable bonds is 7. The summed E-state index contributed by atoms with van der Waals surface area (Å²) in [6.07, 6.45) is 1.10. The molecule has 0 aromatic heterocycles. The van der Waals surface area contributed by atoms with Gasteiger partial charge in [-0.3, -0.25) is 9.69 Å². The van der Waals surface area contributed by atoms with E-state index >= 15 is 0 Å². The van der Waals surface area contributed by atoms with Crippen molar-refractivity contribution in [2.24, 2.45) is 0 Å². The highest BCUT2D eigenvalue weighted by molar-refractivity contribution is 5.94. The molecule has 1 aliphatic heterocycles. The fourth-order valence-electron chi connectivity index (χ4n) is 4.20. The van der Waals surface area contributed by atoms with Crippen LogP contribution in [-0.2, 0) is 24.9 Å². The average molecular weight is 443 g/mol. The van der Waals surface area contributed by atoms with Crippen LogP contribution in [-0.4, -0.2) is 30.5 Å². The van der Waals surface area contributed by atoms with Gasteiger partial charge in [-0.05, 0) is 58.4 Å². The van der Waals surface area contributed by atoms with Crippen LogP contribution in [0.5, 0.6) is 5.75 Å². The molecule has 1 amide bonds. The minimum Gasteiger partial charge on any atom is -0.492 e. The summed E-state index contributed by atoms with van der Waals surface area (Å²) in [5.41, 5.74) is 6.20. The van der Waals surface area contributed by atoms with E-state index in [0.29, 0.717) is 18.7 Å². The van der Waals surface area contributed by atoms with Gasteiger partial charge in [-0.1, -0.05) is 69.3 Å². The molecule has 0 saturated carbocycles. The topological polar surface area (TPSA) is 41.6 Å². The Hall–Kier alpha value is -3.11. The molecule has 172 valence electrons. The number of hydrogen-bond donors (Lipinski definition) is 1. The SMILES string of the molecule is CC(C)(C)c1ccc(OCCNC(=O)c2ccc(CN3CCc4ccccc4C3)cc2)cc1. The lowest BCUT2D eigenvalue weighted by Gasteiger charge is -2.28. The second kappa shape index (κ2) is 10.2. The highest BCUT2D eigenvalue weighted by Gasteiger charge is 2.16. The molecular weight excluding hydrogens is 408 g/mol. The Morgan fingerprint density at radius 2 is 1.64 bits per heavy atom. The first-order valence-electron chi connectivity index (χ1n) is 11.8. The normalized spacial score (nSPS) is 13.9. The van der Waals surface area contributed by atoms with Gasteiger partial charge in [0.15, 0.2) is 0 Å². The predicted molar refractivity (Wildman–Crippen MR) is 134 cm³/mol. The molecule has 3 aromatic carbocycles. The molecular formula is C29H34N2O2. The maximum Gasteiger partial charge on any atom is 0.251 e. The lowest BCUT2D eigenvalue weighted by atomic mass is 9.87. The maximum atomic E-state index is 12.5. The number of fused-ring (bicyclic) bond motifs is 1. The van der Waals surface area contributed by atoms with E-state index < -0.39 is 0 Å². The van der Waals surface area contributed by atoms with Crippen molar-refractivity contribution in [3.05, 3.63) is 101 Å². The largest absolute Gasteiger partial charge is 0.492 e. The van der Waals surface area contributed by atoms with E-state index in [-0.39, 0.29) is 11.3 Å². The molecule has 1 heterocycles. The van der Waals surface area contributed by atoms with Crippen molar-refractivity contribution >= 4 is 5.91 Å². The molecule has 0 unspecified atom stereocenters. The summed E-state index contributed by atoms with van der Waals surface area (Å²) >= 11 is 0. The van der Waals surface area contributed by atoms with Gasteiger partial charge >= 0.3 is 0 Å². The molecule has 0 spiro atoms. The molecule has 0 saturated heterocycles. The second-order valence-corrected chi connectivity index (χ2v) is 9.81. The minimum atomic E-state index is -0.0693. The van der Waals surface area contributed by atoms with Gasteiger partial charge in [0.1, 0.15) is 12.4 Å². The molecule has 0 fully saturated rings. The van der Waals surface area contributed by atoms with Crippen LogP contribution >= 0.6 is 0 Å². The standard InChI is InChI=1S/C29H34N2O2/c1-29(2,3)26-12-14-27(15-13-26)33-19-17-30-28(32)24-10-8-22(9-11-24)20-31-18-16-23-6-4-5-7-25(23)21-31/h4-15H,16-21H2,1-3H3,(H,30,32). The van der Waals surface area contributed by atoms with Crippen LogP contribution in [0.1, 0.15) is 53.4 Å². The van der Waals surface area contributed by atoms with Crippen LogP contribution in [0.4, 0.5) is 0 Å². The van der Waals surface area contributed by atoms with Crippen molar-refractivity contribution in [2.45, 2.75) is 45.7 Å². The molecule has 33 heavy (non-hydrogen) atoms. The molecule has 4 rings (SSSR count). The van der Waals surface area contributed by atoms with Gasteiger partial charge in [0.05, 0.1) is 6.54 Å². The van der Waals surface area contributed by atoms with Crippen LogP contribution in [0.3, 0.4) is 0 Å². The maximum absolute atomic E-state index is 12.5. The highest BCUT2D eigenvalue weighted by atomic mass is 16.5. The van der Waals surface area contributed by atoms with E-state index in [2.05, 4.69) is 79.5 Å². The van der Waals surface area contributed by atoms with Crippen molar-refractivity contribution in [3.8, 4) is 5.75 Å². The van der Waals surface area contributed by atoms with Crippen molar-refractivity contribution in [2.75, 3.05) is 19.7 Å². The number of amides is 1. The Morgan fingerprint density at radius 1 is 0.939 bits per heavy atom. The van der Waals surface area contributed by atoms with E-state index in [1.165, 1.54) is 22.3 Å². The lowest BCUT2D eigenvalue weighted by molar-refractivity contribution is 0.0947. The molecule has 4 heteroatoms. The Kier molecular flexibility index (Phi) is 7.14. The summed E-state index contributed by atoms with van der Waals surface area (Å²) in [6.45, 7) is 10.4.